The van der Waals surface area contributed by atoms with Crippen LogP contribution in [0.3, 0.4) is 0 Å². The molecule has 0 saturated heterocycles. The second-order valence-corrected chi connectivity index (χ2v) is 5.87. The molecule has 1 aromatic rings. The van der Waals surface area contributed by atoms with E-state index in [1.54, 1.807) is 0 Å². The van der Waals surface area contributed by atoms with Gasteiger partial charge in [-0.3, -0.25) is 0 Å². The van der Waals surface area contributed by atoms with Crippen molar-refractivity contribution in [3.05, 3.63) is 28.8 Å². The summed E-state index contributed by atoms with van der Waals surface area (Å²) >= 11 is 12.2. The van der Waals surface area contributed by atoms with E-state index in [2.05, 4.69) is 30.9 Å². The van der Waals surface area contributed by atoms with Gasteiger partial charge in [0.15, 0.2) is 0 Å². The average molecular weight is 272 g/mol. The zero-order chi connectivity index (χ0) is 12.4. The molecule has 0 aromatic heterocycles. The molecule has 0 unspecified atom stereocenters. The lowest BCUT2D eigenvalue weighted by Gasteiger charge is -2.27. The first-order valence-electron chi connectivity index (χ1n) is 6.23. The maximum Gasteiger partial charge on any atom is 0.0642 e. The Kier molecular flexibility index (Phi) is 4.22. The monoisotopic (exact) mass is 271 g/mol. The number of hydrogen-bond acceptors (Lipinski definition) is 1. The van der Waals surface area contributed by atoms with Gasteiger partial charge >= 0.3 is 0 Å². The van der Waals surface area contributed by atoms with Crippen molar-refractivity contribution in [1.82, 2.24) is 0 Å². The van der Waals surface area contributed by atoms with Gasteiger partial charge in [-0.05, 0) is 36.5 Å². The summed E-state index contributed by atoms with van der Waals surface area (Å²) in [4.78, 5) is 2.45. The SMILES string of the molecule is CC(C)CN(c1ccc(CCl)cc1Cl)C1CC1. The van der Waals surface area contributed by atoms with Crippen LogP contribution in [0.25, 0.3) is 0 Å². The van der Waals surface area contributed by atoms with Crippen molar-refractivity contribution in [2.75, 3.05) is 11.4 Å². The van der Waals surface area contributed by atoms with Gasteiger partial charge in [0.1, 0.15) is 0 Å². The maximum absolute atomic E-state index is 6.36. The third-order valence-electron chi connectivity index (χ3n) is 3.03. The Balaban J connectivity index is 2.23. The topological polar surface area (TPSA) is 3.24 Å². The summed E-state index contributed by atoms with van der Waals surface area (Å²) in [5.41, 5.74) is 2.25. The Morgan fingerprint density at radius 2 is 2.06 bits per heavy atom. The minimum Gasteiger partial charge on any atom is -0.367 e. The first kappa shape index (κ1) is 13.0. The highest BCUT2D eigenvalue weighted by Gasteiger charge is 2.30. The van der Waals surface area contributed by atoms with Crippen molar-refractivity contribution in [2.24, 2.45) is 5.92 Å². The quantitative estimate of drug-likeness (QED) is 0.702. The van der Waals surface area contributed by atoms with Crippen LogP contribution in [0.1, 0.15) is 32.3 Å². The third kappa shape index (κ3) is 3.29. The van der Waals surface area contributed by atoms with Gasteiger partial charge in [0, 0.05) is 18.5 Å². The molecule has 0 bridgehead atoms. The molecular formula is C14H19Cl2N. The second kappa shape index (κ2) is 5.49. The predicted molar refractivity (Wildman–Crippen MR) is 76.2 cm³/mol. The highest BCUT2D eigenvalue weighted by Crippen LogP contribution is 2.36. The molecule has 2 rings (SSSR count). The van der Waals surface area contributed by atoms with E-state index in [1.165, 1.54) is 12.8 Å². The number of alkyl halides is 1. The Morgan fingerprint density at radius 3 is 2.53 bits per heavy atom. The van der Waals surface area contributed by atoms with Crippen molar-refractivity contribution < 1.29 is 0 Å². The molecule has 0 amide bonds. The zero-order valence-corrected chi connectivity index (χ0v) is 11.9. The fourth-order valence-electron chi connectivity index (χ4n) is 2.09. The number of rotatable bonds is 5. The van der Waals surface area contributed by atoms with Gasteiger partial charge in [0.2, 0.25) is 0 Å². The molecule has 1 aromatic carbocycles. The molecule has 0 radical (unpaired) electrons. The molecule has 0 aliphatic heterocycles. The number of benzene rings is 1. The van der Waals surface area contributed by atoms with Gasteiger partial charge in [-0.2, -0.15) is 0 Å². The van der Waals surface area contributed by atoms with Gasteiger partial charge in [-0.15, -0.1) is 11.6 Å². The van der Waals surface area contributed by atoms with Crippen LogP contribution in [-0.2, 0) is 5.88 Å². The summed E-state index contributed by atoms with van der Waals surface area (Å²) in [5, 5.41) is 0.829. The van der Waals surface area contributed by atoms with Crippen LogP contribution in [0.2, 0.25) is 5.02 Å². The standard InChI is InChI=1S/C14H19Cl2N/c1-10(2)9-17(12-4-5-12)14-6-3-11(8-15)7-13(14)16/h3,6-7,10,12H,4-5,8-9H2,1-2H3. The van der Waals surface area contributed by atoms with Gasteiger partial charge in [-0.1, -0.05) is 31.5 Å². The first-order chi connectivity index (χ1) is 8.11. The largest absolute Gasteiger partial charge is 0.367 e. The molecule has 3 heteroatoms. The maximum atomic E-state index is 6.36. The van der Waals surface area contributed by atoms with Crippen LogP contribution in [-0.4, -0.2) is 12.6 Å². The van der Waals surface area contributed by atoms with E-state index in [9.17, 15) is 0 Å². The molecule has 1 aliphatic rings. The average Bonchev–Trinajstić information content (AvgIpc) is 3.09. The van der Waals surface area contributed by atoms with Crippen molar-refractivity contribution in [3.63, 3.8) is 0 Å². The molecule has 1 nitrogen and oxygen atoms in total. The number of nitrogens with zero attached hydrogens (tertiary/aromatic N) is 1. The molecule has 0 spiro atoms. The van der Waals surface area contributed by atoms with Gasteiger partial charge < -0.3 is 4.90 Å². The summed E-state index contributed by atoms with van der Waals surface area (Å²) in [6, 6.07) is 6.86. The van der Waals surface area contributed by atoms with E-state index in [0.29, 0.717) is 17.8 Å². The Morgan fingerprint density at radius 1 is 1.35 bits per heavy atom. The summed E-state index contributed by atoms with van der Waals surface area (Å²) in [5.74, 6) is 1.17. The number of anilines is 1. The smallest absolute Gasteiger partial charge is 0.0642 e. The molecule has 0 atom stereocenters. The molecular weight excluding hydrogens is 253 g/mol. The lowest BCUT2D eigenvalue weighted by Crippen LogP contribution is -2.30. The molecule has 0 N–H and O–H groups in total. The van der Waals surface area contributed by atoms with Crippen LogP contribution < -0.4 is 4.90 Å². The molecule has 1 fully saturated rings. The van der Waals surface area contributed by atoms with E-state index in [0.717, 1.165) is 22.8 Å². The second-order valence-electron chi connectivity index (χ2n) is 5.20. The van der Waals surface area contributed by atoms with Crippen LogP contribution >= 0.6 is 23.2 Å². The van der Waals surface area contributed by atoms with Crippen LogP contribution in [0.5, 0.6) is 0 Å². The Labute approximate surface area is 114 Å². The first-order valence-corrected chi connectivity index (χ1v) is 7.14. The zero-order valence-electron chi connectivity index (χ0n) is 10.4. The normalized spacial score (nSPS) is 15.4. The van der Waals surface area contributed by atoms with E-state index in [1.807, 2.05) is 6.07 Å². The summed E-state index contributed by atoms with van der Waals surface area (Å²) in [7, 11) is 0. The fourth-order valence-corrected chi connectivity index (χ4v) is 2.57. The molecule has 1 saturated carbocycles. The van der Waals surface area contributed by atoms with Crippen LogP contribution in [0.15, 0.2) is 18.2 Å². The summed E-state index contributed by atoms with van der Waals surface area (Å²) < 4.78 is 0. The Bertz CT molecular complexity index is 386. The third-order valence-corrected chi connectivity index (χ3v) is 3.64. The lowest BCUT2D eigenvalue weighted by atomic mass is 10.1. The van der Waals surface area contributed by atoms with Crippen molar-refractivity contribution in [2.45, 2.75) is 38.6 Å². The number of halogens is 2. The van der Waals surface area contributed by atoms with Crippen molar-refractivity contribution >= 4 is 28.9 Å². The predicted octanol–water partition coefficient (Wildman–Crippen LogP) is 4.70. The Hall–Kier alpha value is -0.400. The minimum absolute atomic E-state index is 0.521. The van der Waals surface area contributed by atoms with Crippen molar-refractivity contribution in [3.8, 4) is 0 Å². The van der Waals surface area contributed by atoms with E-state index < -0.39 is 0 Å². The summed E-state index contributed by atoms with van der Waals surface area (Å²) in [6.07, 6.45) is 2.58. The lowest BCUT2D eigenvalue weighted by molar-refractivity contribution is 0.607. The highest BCUT2D eigenvalue weighted by atomic mass is 35.5. The van der Waals surface area contributed by atoms with Gasteiger partial charge in [0.25, 0.3) is 0 Å². The van der Waals surface area contributed by atoms with E-state index in [-0.39, 0.29) is 0 Å². The molecule has 17 heavy (non-hydrogen) atoms. The van der Waals surface area contributed by atoms with E-state index in [4.69, 9.17) is 23.2 Å². The van der Waals surface area contributed by atoms with Crippen LogP contribution in [0.4, 0.5) is 5.69 Å². The number of hydrogen-bond donors (Lipinski definition) is 0. The fraction of sp³-hybridized carbons (Fsp3) is 0.571. The highest BCUT2D eigenvalue weighted by molar-refractivity contribution is 6.33. The van der Waals surface area contributed by atoms with Crippen molar-refractivity contribution in [1.29, 1.82) is 0 Å². The molecule has 1 aliphatic carbocycles. The molecule has 94 valence electrons. The van der Waals surface area contributed by atoms with Gasteiger partial charge in [-0.25, -0.2) is 0 Å². The van der Waals surface area contributed by atoms with E-state index >= 15 is 0 Å². The van der Waals surface area contributed by atoms with Gasteiger partial charge in [0.05, 0.1) is 10.7 Å². The minimum atomic E-state index is 0.521. The summed E-state index contributed by atoms with van der Waals surface area (Å²) in [6.45, 7) is 5.57. The molecule has 0 heterocycles. The van der Waals surface area contributed by atoms with Crippen LogP contribution in [0, 0.1) is 5.92 Å².